The smallest absolute Gasteiger partial charge is 0.225 e. The largest absolute Gasteiger partial charge is 0.344 e. The molecule has 0 N–H and O–H groups in total. The Morgan fingerprint density at radius 1 is 1.25 bits per heavy atom. The quantitative estimate of drug-likeness (QED) is 0.870. The first-order chi connectivity index (χ1) is 11.3. The van der Waals surface area contributed by atoms with Crippen LogP contribution >= 0.6 is 0 Å². The molecule has 1 aromatic carbocycles. The monoisotopic (exact) mass is 326 g/mol. The molecule has 1 aliphatic heterocycles. The first kappa shape index (κ1) is 16.7. The minimum Gasteiger partial charge on any atom is -0.344 e. The fraction of sp³-hybridized carbons (Fsp3) is 0.526. The van der Waals surface area contributed by atoms with Crippen LogP contribution in [-0.2, 0) is 4.79 Å². The zero-order valence-electron chi connectivity index (χ0n) is 15.2. The van der Waals surface area contributed by atoms with Crippen molar-refractivity contribution in [2.24, 2.45) is 5.92 Å². The van der Waals surface area contributed by atoms with Crippen LogP contribution in [0.3, 0.4) is 0 Å². The molecule has 1 saturated heterocycles. The Morgan fingerprint density at radius 3 is 2.62 bits per heavy atom. The van der Waals surface area contributed by atoms with E-state index >= 15 is 0 Å². The maximum absolute atomic E-state index is 12.3. The van der Waals surface area contributed by atoms with Crippen molar-refractivity contribution in [3.8, 4) is 0 Å². The van der Waals surface area contributed by atoms with E-state index in [1.165, 1.54) is 0 Å². The molecule has 0 spiro atoms. The van der Waals surface area contributed by atoms with Crippen LogP contribution in [0.2, 0.25) is 0 Å². The second kappa shape index (κ2) is 6.04. The molecule has 1 aromatic heterocycles. The van der Waals surface area contributed by atoms with Gasteiger partial charge in [-0.05, 0) is 33.8 Å². The summed E-state index contributed by atoms with van der Waals surface area (Å²) in [6.07, 6.45) is 0.605. The van der Waals surface area contributed by atoms with E-state index in [4.69, 9.17) is 0 Å². The van der Waals surface area contributed by atoms with E-state index < -0.39 is 0 Å². The zero-order valence-corrected chi connectivity index (χ0v) is 15.2. The molecule has 0 bridgehead atoms. The molecule has 1 atom stereocenters. The molecule has 128 valence electrons. The third-order valence-corrected chi connectivity index (χ3v) is 4.67. The summed E-state index contributed by atoms with van der Waals surface area (Å²) in [4.78, 5) is 25.6. The van der Waals surface area contributed by atoms with Gasteiger partial charge in [0.05, 0.1) is 11.2 Å². The average Bonchev–Trinajstić information content (AvgIpc) is 2.88. The summed E-state index contributed by atoms with van der Waals surface area (Å²) in [5.41, 5.74) is 1.84. The van der Waals surface area contributed by atoms with Gasteiger partial charge < -0.3 is 9.80 Å². The summed E-state index contributed by atoms with van der Waals surface area (Å²) in [6.45, 7) is 9.88. The highest BCUT2D eigenvalue weighted by Crippen LogP contribution is 2.27. The number of carbonyl (C=O) groups is 1. The number of para-hydroxylation sites is 1. The number of rotatable bonds is 3. The highest BCUT2D eigenvalue weighted by molar-refractivity contribution is 5.82. The summed E-state index contributed by atoms with van der Waals surface area (Å²) in [6, 6.07) is 8.07. The van der Waals surface area contributed by atoms with E-state index in [1.54, 1.807) is 0 Å². The molecule has 1 aliphatic rings. The maximum atomic E-state index is 12.3. The normalized spacial score (nSPS) is 18.5. The van der Waals surface area contributed by atoms with Crippen molar-refractivity contribution in [1.82, 2.24) is 14.9 Å². The van der Waals surface area contributed by atoms with Crippen molar-refractivity contribution in [2.75, 3.05) is 25.0 Å². The zero-order chi connectivity index (χ0) is 17.5. The van der Waals surface area contributed by atoms with Crippen LogP contribution in [0.5, 0.6) is 0 Å². The number of benzene rings is 1. The third-order valence-electron chi connectivity index (χ3n) is 4.67. The van der Waals surface area contributed by atoms with Gasteiger partial charge in [0, 0.05) is 43.4 Å². The van der Waals surface area contributed by atoms with Crippen molar-refractivity contribution >= 4 is 22.8 Å². The second-order valence-electron chi connectivity index (χ2n) is 7.75. The number of hydrogen-bond donors (Lipinski definition) is 0. The Kier molecular flexibility index (Phi) is 4.20. The molecule has 0 saturated carbocycles. The van der Waals surface area contributed by atoms with Gasteiger partial charge >= 0.3 is 0 Å². The first-order valence-corrected chi connectivity index (χ1v) is 8.50. The number of fused-ring (bicyclic) bond motifs is 1. The molecule has 1 amide bonds. The van der Waals surface area contributed by atoms with Gasteiger partial charge in [-0.1, -0.05) is 18.2 Å². The van der Waals surface area contributed by atoms with Crippen molar-refractivity contribution in [1.29, 1.82) is 0 Å². The lowest BCUT2D eigenvalue weighted by molar-refractivity contribution is -0.131. The molecule has 5 heteroatoms. The van der Waals surface area contributed by atoms with Crippen molar-refractivity contribution < 1.29 is 4.79 Å². The summed E-state index contributed by atoms with van der Waals surface area (Å²) < 4.78 is 0. The summed E-state index contributed by atoms with van der Waals surface area (Å²) >= 11 is 0. The topological polar surface area (TPSA) is 49.3 Å². The molecule has 0 aliphatic carbocycles. The lowest BCUT2D eigenvalue weighted by Crippen LogP contribution is -2.42. The van der Waals surface area contributed by atoms with Gasteiger partial charge in [-0.2, -0.15) is 0 Å². The van der Waals surface area contributed by atoms with Crippen LogP contribution in [0.25, 0.3) is 10.9 Å². The van der Waals surface area contributed by atoms with Gasteiger partial charge in [-0.25, -0.2) is 9.97 Å². The van der Waals surface area contributed by atoms with Crippen LogP contribution in [0.1, 0.15) is 32.9 Å². The molecule has 24 heavy (non-hydrogen) atoms. The van der Waals surface area contributed by atoms with Crippen LogP contribution in [0, 0.1) is 12.8 Å². The number of amides is 1. The summed E-state index contributed by atoms with van der Waals surface area (Å²) in [5, 5.41) is 1.09. The fourth-order valence-corrected chi connectivity index (χ4v) is 3.41. The van der Waals surface area contributed by atoms with Gasteiger partial charge in [-0.15, -0.1) is 0 Å². The summed E-state index contributed by atoms with van der Waals surface area (Å²) in [5.74, 6) is 1.29. The molecule has 0 radical (unpaired) electrons. The van der Waals surface area contributed by atoms with Crippen LogP contribution in [0.4, 0.5) is 5.95 Å². The Hall–Kier alpha value is -2.17. The molecule has 2 aromatic rings. The van der Waals surface area contributed by atoms with Crippen molar-refractivity contribution in [2.45, 2.75) is 39.7 Å². The van der Waals surface area contributed by atoms with E-state index in [9.17, 15) is 4.79 Å². The van der Waals surface area contributed by atoms with E-state index in [0.29, 0.717) is 12.3 Å². The van der Waals surface area contributed by atoms with Gasteiger partial charge in [-0.3, -0.25) is 4.79 Å². The second-order valence-corrected chi connectivity index (χ2v) is 7.75. The molecule has 1 fully saturated rings. The Labute approximate surface area is 143 Å². The standard InChI is InChI=1S/C19H26N4O/c1-13-15-8-6-7-9-16(15)21-18(20-13)22(5)11-14-10-17(24)23(12-14)19(2,3)4/h6-9,14H,10-12H2,1-5H3/t14-/m0/s1. The fourth-order valence-electron chi connectivity index (χ4n) is 3.41. The first-order valence-electron chi connectivity index (χ1n) is 8.50. The number of aromatic nitrogens is 2. The summed E-state index contributed by atoms with van der Waals surface area (Å²) in [7, 11) is 2.01. The Morgan fingerprint density at radius 2 is 1.96 bits per heavy atom. The average molecular weight is 326 g/mol. The number of aryl methyl sites for hydroxylation is 1. The van der Waals surface area contributed by atoms with Crippen molar-refractivity contribution in [3.63, 3.8) is 0 Å². The maximum Gasteiger partial charge on any atom is 0.225 e. The van der Waals surface area contributed by atoms with Gasteiger partial charge in [0.15, 0.2) is 0 Å². The van der Waals surface area contributed by atoms with Crippen LogP contribution < -0.4 is 4.90 Å². The van der Waals surface area contributed by atoms with Crippen LogP contribution in [0.15, 0.2) is 24.3 Å². The molecule has 3 rings (SSSR count). The van der Waals surface area contributed by atoms with Gasteiger partial charge in [0.1, 0.15) is 0 Å². The van der Waals surface area contributed by atoms with Crippen molar-refractivity contribution in [3.05, 3.63) is 30.0 Å². The van der Waals surface area contributed by atoms with Crippen LogP contribution in [-0.4, -0.2) is 46.5 Å². The SMILES string of the molecule is Cc1nc(N(C)C[C@@H]2CC(=O)N(C(C)(C)C)C2)nc2ccccc12. The Balaban J connectivity index is 1.76. The number of likely N-dealkylation sites (tertiary alicyclic amines) is 1. The lowest BCUT2D eigenvalue weighted by Gasteiger charge is -2.32. The van der Waals surface area contributed by atoms with E-state index in [0.717, 1.165) is 35.6 Å². The highest BCUT2D eigenvalue weighted by Gasteiger charge is 2.36. The number of hydrogen-bond acceptors (Lipinski definition) is 4. The molecule has 5 nitrogen and oxygen atoms in total. The molecule has 2 heterocycles. The number of anilines is 1. The molecular weight excluding hydrogens is 300 g/mol. The van der Waals surface area contributed by atoms with Gasteiger partial charge in [0.25, 0.3) is 0 Å². The predicted octanol–water partition coefficient (Wildman–Crippen LogP) is 3.02. The number of carbonyl (C=O) groups excluding carboxylic acids is 1. The lowest BCUT2D eigenvalue weighted by atomic mass is 10.1. The van der Waals surface area contributed by atoms with E-state index in [1.807, 2.05) is 43.1 Å². The third kappa shape index (κ3) is 3.21. The Bertz CT molecular complexity index is 766. The highest BCUT2D eigenvalue weighted by atomic mass is 16.2. The number of nitrogens with zero attached hydrogens (tertiary/aromatic N) is 4. The minimum atomic E-state index is -0.111. The molecular formula is C19H26N4O. The van der Waals surface area contributed by atoms with E-state index in [2.05, 4.69) is 35.6 Å². The van der Waals surface area contributed by atoms with Gasteiger partial charge in [0.2, 0.25) is 11.9 Å². The predicted molar refractivity (Wildman–Crippen MR) is 97.1 cm³/mol. The minimum absolute atomic E-state index is 0.111. The molecule has 0 unspecified atom stereocenters. The van der Waals surface area contributed by atoms with E-state index in [-0.39, 0.29) is 11.4 Å².